The number of carbonyl (C=O) groups excluding carboxylic acids is 2. The number of carboxylic acids is 1. The minimum absolute atomic E-state index is 0. The second kappa shape index (κ2) is 17.9. The van der Waals surface area contributed by atoms with Crippen molar-refractivity contribution in [2.45, 2.75) is 52.9 Å². The Morgan fingerprint density at radius 2 is 1.59 bits per heavy atom. The molecule has 4 aromatic carbocycles. The second-order valence-electron chi connectivity index (χ2n) is 10.7. The zero-order chi connectivity index (χ0) is 31.8. The van der Waals surface area contributed by atoms with Crippen LogP contribution in [0.5, 0.6) is 0 Å². The summed E-state index contributed by atoms with van der Waals surface area (Å²) in [6.45, 7) is 4.06. The average Bonchev–Trinajstić information content (AvgIpc) is 2.98. The van der Waals surface area contributed by atoms with E-state index in [4.69, 9.17) is 0 Å². The third-order valence-electron chi connectivity index (χ3n) is 7.35. The fourth-order valence-corrected chi connectivity index (χ4v) is 5.54. The first-order valence-corrected chi connectivity index (χ1v) is 15.6. The number of thioether (sulfide) groups is 1. The van der Waals surface area contributed by atoms with Crippen molar-refractivity contribution < 1.29 is 47.4 Å². The molecule has 6 nitrogen and oxygen atoms in total. The van der Waals surface area contributed by atoms with Crippen LogP contribution in [0.25, 0.3) is 11.1 Å². The Kier molecular flexibility index (Phi) is 15.0. The zero-order valence-electron chi connectivity index (χ0n) is 25.8. The Bertz CT molecular complexity index is 1620. The van der Waals surface area contributed by atoms with Crippen LogP contribution in [0.1, 0.15) is 59.5 Å². The van der Waals surface area contributed by atoms with Gasteiger partial charge in [-0.1, -0.05) is 49.9 Å². The third kappa shape index (κ3) is 10.2. The van der Waals surface area contributed by atoms with Gasteiger partial charge < -0.3 is 25.2 Å². The SMILES string of the molecule is C.CSCC[C@H](NC(=O)c1ccc(CN(Cc2cc(F)cc(F)c2)c2cccc(C(C)O)c2)cc1-c1ccccc1C)C(=O)[O-].[Li+]. The summed E-state index contributed by atoms with van der Waals surface area (Å²) >= 11 is 1.48. The number of anilines is 1. The number of benzene rings is 4. The van der Waals surface area contributed by atoms with Gasteiger partial charge in [-0.05, 0) is 102 Å². The van der Waals surface area contributed by atoms with E-state index in [0.29, 0.717) is 34.6 Å². The molecule has 0 heterocycles. The molecule has 238 valence electrons. The van der Waals surface area contributed by atoms with Crippen molar-refractivity contribution in [3.8, 4) is 11.1 Å². The summed E-state index contributed by atoms with van der Waals surface area (Å²) < 4.78 is 28.2. The molecule has 4 aromatic rings. The van der Waals surface area contributed by atoms with Crippen molar-refractivity contribution in [2.75, 3.05) is 16.9 Å². The number of hydrogen-bond donors (Lipinski definition) is 2. The minimum Gasteiger partial charge on any atom is -0.548 e. The average molecular weight is 641 g/mol. The van der Waals surface area contributed by atoms with E-state index in [1.165, 1.54) is 23.9 Å². The summed E-state index contributed by atoms with van der Waals surface area (Å²) in [4.78, 5) is 27.2. The predicted molar refractivity (Wildman–Crippen MR) is 176 cm³/mol. The van der Waals surface area contributed by atoms with Gasteiger partial charge in [-0.15, -0.1) is 0 Å². The largest absolute Gasteiger partial charge is 1.00 e. The molecule has 1 amide bonds. The molecule has 0 aromatic heterocycles. The van der Waals surface area contributed by atoms with E-state index >= 15 is 0 Å². The first-order valence-electron chi connectivity index (χ1n) is 14.2. The fraction of sp³-hybridized carbons (Fsp3) is 0.278. The molecule has 1 unspecified atom stereocenters. The summed E-state index contributed by atoms with van der Waals surface area (Å²) in [6.07, 6.45) is 1.38. The van der Waals surface area contributed by atoms with Gasteiger partial charge in [0.05, 0.1) is 18.1 Å². The van der Waals surface area contributed by atoms with Crippen LogP contribution < -0.4 is 34.2 Å². The van der Waals surface area contributed by atoms with E-state index in [-0.39, 0.29) is 39.3 Å². The zero-order valence-corrected chi connectivity index (χ0v) is 26.7. The van der Waals surface area contributed by atoms with Gasteiger partial charge in [-0.3, -0.25) is 4.79 Å². The van der Waals surface area contributed by atoms with Gasteiger partial charge >= 0.3 is 18.9 Å². The number of rotatable bonds is 13. The van der Waals surface area contributed by atoms with Crippen molar-refractivity contribution in [2.24, 2.45) is 0 Å². The van der Waals surface area contributed by atoms with Gasteiger partial charge in [-0.25, -0.2) is 8.78 Å². The predicted octanol–water partition coefficient (Wildman–Crippen LogP) is 3.44. The second-order valence-corrected chi connectivity index (χ2v) is 11.7. The molecule has 0 saturated heterocycles. The van der Waals surface area contributed by atoms with Gasteiger partial charge in [0.15, 0.2) is 0 Å². The number of carbonyl (C=O) groups is 2. The van der Waals surface area contributed by atoms with Crippen molar-refractivity contribution in [1.29, 1.82) is 0 Å². The molecular weight excluding hydrogens is 601 g/mol. The molecule has 0 saturated carbocycles. The van der Waals surface area contributed by atoms with Crippen LogP contribution in [0.15, 0.2) is 84.9 Å². The maximum atomic E-state index is 14.1. The Morgan fingerprint density at radius 1 is 0.913 bits per heavy atom. The minimum atomic E-state index is -1.34. The van der Waals surface area contributed by atoms with E-state index in [9.17, 15) is 28.6 Å². The van der Waals surface area contributed by atoms with Crippen molar-refractivity contribution in [3.63, 3.8) is 0 Å². The van der Waals surface area contributed by atoms with Gasteiger partial charge in [-0.2, -0.15) is 11.8 Å². The van der Waals surface area contributed by atoms with Gasteiger partial charge in [0.1, 0.15) is 11.6 Å². The Hall–Kier alpha value is -3.61. The quantitative estimate of drug-likeness (QED) is 0.218. The van der Waals surface area contributed by atoms with E-state index in [0.717, 1.165) is 28.4 Å². The van der Waals surface area contributed by atoms with Gasteiger partial charge in [0.2, 0.25) is 0 Å². The third-order valence-corrected chi connectivity index (χ3v) is 8.00. The van der Waals surface area contributed by atoms with Crippen molar-refractivity contribution in [3.05, 3.63) is 124 Å². The van der Waals surface area contributed by atoms with Crippen LogP contribution in [-0.2, 0) is 17.9 Å². The van der Waals surface area contributed by atoms with Crippen LogP contribution in [0, 0.1) is 18.6 Å². The summed E-state index contributed by atoms with van der Waals surface area (Å²) in [6, 6.07) is 22.5. The van der Waals surface area contributed by atoms with E-state index < -0.39 is 35.7 Å². The Balaban J connectivity index is 0.00000368. The summed E-state index contributed by atoms with van der Waals surface area (Å²) in [5.74, 6) is -2.68. The number of hydrogen-bond acceptors (Lipinski definition) is 6. The molecule has 46 heavy (non-hydrogen) atoms. The molecule has 0 bridgehead atoms. The molecule has 0 fully saturated rings. The van der Waals surface area contributed by atoms with Crippen LogP contribution in [-0.4, -0.2) is 35.0 Å². The standard InChI is InChI=1S/C35H36F2N2O4S.CH4.Li/c1-22-7-4-5-10-30(22)32-17-24(11-12-31(32)34(41)38-33(35(42)43)13-14-44-3)20-39(21-25-15-27(36)19-28(37)16-25)29-9-6-8-26(18-29)23(2)40;;/h4-12,15-19,23,33,40H,13-14,20-21H2,1-3H3,(H,38,41)(H,42,43);1H4;/q;;+1/p-1/t23?,33-;;/m0../s1. The molecule has 0 radical (unpaired) electrons. The number of carboxylic acid groups (broad SMARTS) is 1. The van der Waals surface area contributed by atoms with Crippen molar-refractivity contribution >= 4 is 29.3 Å². The molecule has 4 rings (SSSR count). The molecule has 2 atom stereocenters. The Morgan fingerprint density at radius 3 is 2.22 bits per heavy atom. The number of aliphatic hydroxyl groups excluding tert-OH is 1. The van der Waals surface area contributed by atoms with E-state index in [1.54, 1.807) is 25.1 Å². The number of nitrogens with one attached hydrogen (secondary N) is 1. The number of aliphatic carboxylic acids is 1. The molecular formula is C36H39F2LiN2O4S. The van der Waals surface area contributed by atoms with Crippen molar-refractivity contribution in [1.82, 2.24) is 5.32 Å². The number of halogens is 2. The van der Waals surface area contributed by atoms with Crippen LogP contribution in [0.2, 0.25) is 0 Å². The molecule has 10 heteroatoms. The van der Waals surface area contributed by atoms with E-state index in [1.807, 2.05) is 66.6 Å². The monoisotopic (exact) mass is 640 g/mol. The Labute approximate surface area is 286 Å². The molecule has 2 N–H and O–H groups in total. The van der Waals surface area contributed by atoms with Crippen LogP contribution in [0.4, 0.5) is 14.5 Å². The topological polar surface area (TPSA) is 92.7 Å². The maximum absolute atomic E-state index is 14.1. The first-order chi connectivity index (χ1) is 21.0. The number of aliphatic hydroxyl groups is 1. The number of aryl methyl sites for hydroxylation is 1. The molecule has 0 aliphatic carbocycles. The summed E-state index contributed by atoms with van der Waals surface area (Å²) in [7, 11) is 0. The maximum Gasteiger partial charge on any atom is 1.00 e. The van der Waals surface area contributed by atoms with Gasteiger partial charge in [0, 0.05) is 30.4 Å². The first kappa shape index (κ1) is 38.6. The van der Waals surface area contributed by atoms with E-state index in [2.05, 4.69) is 5.32 Å². The molecule has 0 aliphatic heterocycles. The fourth-order valence-electron chi connectivity index (χ4n) is 5.07. The summed E-state index contributed by atoms with van der Waals surface area (Å²) in [5.41, 5.74) is 5.32. The molecule has 0 aliphatic rings. The van der Waals surface area contributed by atoms with Crippen LogP contribution in [0.3, 0.4) is 0 Å². The normalized spacial score (nSPS) is 11.9. The smallest absolute Gasteiger partial charge is 0.548 e. The van der Waals surface area contributed by atoms with Crippen LogP contribution >= 0.6 is 11.8 Å². The van der Waals surface area contributed by atoms with Gasteiger partial charge in [0.25, 0.3) is 5.91 Å². The summed E-state index contributed by atoms with van der Waals surface area (Å²) in [5, 5.41) is 24.6. The molecule has 0 spiro atoms. The number of nitrogens with zero attached hydrogens (tertiary/aromatic N) is 1. The number of amides is 1.